The van der Waals surface area contributed by atoms with E-state index in [-0.39, 0.29) is 18.5 Å². The average Bonchev–Trinajstić information content (AvgIpc) is 3.02. The number of carbonyl (C=O) groups excluding carboxylic acids is 3. The minimum absolute atomic E-state index is 0.0498. The average molecular weight is 421 g/mol. The first kappa shape index (κ1) is 20.9. The third kappa shape index (κ3) is 3.54. The van der Waals surface area contributed by atoms with E-state index in [0.29, 0.717) is 17.9 Å². The van der Waals surface area contributed by atoms with Gasteiger partial charge in [0.05, 0.1) is 13.2 Å². The van der Waals surface area contributed by atoms with Crippen molar-refractivity contribution in [2.24, 2.45) is 0 Å². The van der Waals surface area contributed by atoms with Crippen LogP contribution in [0.25, 0.3) is 0 Å². The number of rotatable bonds is 5. The number of ether oxygens (including phenoxy) is 1. The topological polar surface area (TPSA) is 79.0 Å². The third-order valence-electron chi connectivity index (χ3n) is 6.36. The van der Waals surface area contributed by atoms with Crippen LogP contribution in [-0.4, -0.2) is 47.8 Å². The van der Waals surface area contributed by atoms with E-state index in [1.165, 1.54) is 5.56 Å². The number of urea groups is 1. The molecule has 0 bridgehead atoms. The van der Waals surface area contributed by atoms with Gasteiger partial charge >= 0.3 is 6.03 Å². The molecular formula is C24H27N3O4. The van der Waals surface area contributed by atoms with E-state index < -0.39 is 17.5 Å². The van der Waals surface area contributed by atoms with Gasteiger partial charge in [0.1, 0.15) is 17.8 Å². The molecule has 0 spiro atoms. The van der Waals surface area contributed by atoms with Gasteiger partial charge in [-0.1, -0.05) is 43.3 Å². The third-order valence-corrected chi connectivity index (χ3v) is 6.36. The van der Waals surface area contributed by atoms with Crippen molar-refractivity contribution < 1.29 is 19.1 Å². The van der Waals surface area contributed by atoms with Crippen molar-refractivity contribution in [1.29, 1.82) is 0 Å². The summed E-state index contributed by atoms with van der Waals surface area (Å²) < 4.78 is 5.17. The molecule has 31 heavy (non-hydrogen) atoms. The van der Waals surface area contributed by atoms with Crippen LogP contribution in [0.4, 0.5) is 4.79 Å². The van der Waals surface area contributed by atoms with Crippen LogP contribution in [0.15, 0.2) is 48.5 Å². The normalized spacial score (nSPS) is 22.9. The molecule has 2 aliphatic rings. The highest BCUT2D eigenvalue weighted by atomic mass is 16.5. The van der Waals surface area contributed by atoms with Crippen LogP contribution in [0.1, 0.15) is 43.0 Å². The van der Waals surface area contributed by atoms with Gasteiger partial charge in [-0.05, 0) is 48.6 Å². The Labute approximate surface area is 182 Å². The second-order valence-electron chi connectivity index (χ2n) is 8.13. The molecule has 0 radical (unpaired) electrons. The van der Waals surface area contributed by atoms with Crippen molar-refractivity contribution in [3.63, 3.8) is 0 Å². The van der Waals surface area contributed by atoms with Crippen molar-refractivity contribution in [2.75, 3.05) is 20.2 Å². The Bertz CT molecular complexity index is 1020. The zero-order valence-corrected chi connectivity index (χ0v) is 18.1. The van der Waals surface area contributed by atoms with Crippen LogP contribution in [0.2, 0.25) is 0 Å². The molecule has 2 heterocycles. The lowest BCUT2D eigenvalue weighted by Crippen LogP contribution is -2.47. The fraction of sp³-hybridized carbons (Fsp3) is 0.375. The number of benzene rings is 2. The van der Waals surface area contributed by atoms with Gasteiger partial charge in [-0.2, -0.15) is 0 Å². The Morgan fingerprint density at radius 1 is 1.16 bits per heavy atom. The number of carbonyl (C=O) groups is 3. The Morgan fingerprint density at radius 3 is 2.55 bits per heavy atom. The van der Waals surface area contributed by atoms with E-state index >= 15 is 0 Å². The molecule has 4 amide bonds. The molecule has 4 rings (SSSR count). The SMILES string of the molecule is CC[C@@H]1c2ccccc2CCN1C(=O)CN1C(=O)N[C@](C)(c2ccc(OC)cc2)C1=O. The minimum atomic E-state index is -1.22. The molecule has 0 aromatic heterocycles. The summed E-state index contributed by atoms with van der Waals surface area (Å²) in [6.07, 6.45) is 1.54. The quantitative estimate of drug-likeness (QED) is 0.753. The molecule has 162 valence electrons. The predicted octanol–water partition coefficient (Wildman–Crippen LogP) is 3.00. The summed E-state index contributed by atoms with van der Waals surface area (Å²) >= 11 is 0. The largest absolute Gasteiger partial charge is 0.497 e. The Hall–Kier alpha value is -3.35. The van der Waals surface area contributed by atoms with Gasteiger partial charge in [0.25, 0.3) is 5.91 Å². The molecular weight excluding hydrogens is 394 g/mol. The number of hydrogen-bond donors (Lipinski definition) is 1. The Balaban J connectivity index is 1.53. The summed E-state index contributed by atoms with van der Waals surface area (Å²) in [6, 6.07) is 14.5. The predicted molar refractivity (Wildman–Crippen MR) is 115 cm³/mol. The molecule has 1 fully saturated rings. The summed E-state index contributed by atoms with van der Waals surface area (Å²) in [7, 11) is 1.56. The minimum Gasteiger partial charge on any atom is -0.497 e. The highest BCUT2D eigenvalue weighted by Gasteiger charge is 2.50. The van der Waals surface area contributed by atoms with Crippen molar-refractivity contribution in [3.8, 4) is 5.75 Å². The maximum absolute atomic E-state index is 13.2. The zero-order chi connectivity index (χ0) is 22.2. The van der Waals surface area contributed by atoms with E-state index in [9.17, 15) is 14.4 Å². The van der Waals surface area contributed by atoms with Crippen molar-refractivity contribution >= 4 is 17.8 Å². The molecule has 2 aliphatic heterocycles. The maximum atomic E-state index is 13.2. The van der Waals surface area contributed by atoms with Gasteiger partial charge in [-0.3, -0.25) is 14.5 Å². The van der Waals surface area contributed by atoms with Crippen molar-refractivity contribution in [3.05, 3.63) is 65.2 Å². The second-order valence-corrected chi connectivity index (χ2v) is 8.13. The fourth-order valence-corrected chi connectivity index (χ4v) is 4.58. The van der Waals surface area contributed by atoms with Crippen LogP contribution in [0.3, 0.4) is 0 Å². The first-order valence-electron chi connectivity index (χ1n) is 10.5. The summed E-state index contributed by atoms with van der Waals surface area (Å²) in [5, 5.41) is 2.76. The second kappa shape index (κ2) is 8.06. The monoisotopic (exact) mass is 421 g/mol. The van der Waals surface area contributed by atoms with Gasteiger partial charge in [-0.15, -0.1) is 0 Å². The van der Waals surface area contributed by atoms with Gasteiger partial charge in [0.2, 0.25) is 5.91 Å². The van der Waals surface area contributed by atoms with Crippen molar-refractivity contribution in [1.82, 2.24) is 15.1 Å². The maximum Gasteiger partial charge on any atom is 0.325 e. The van der Waals surface area contributed by atoms with E-state index in [1.807, 2.05) is 19.1 Å². The number of methoxy groups -OCH3 is 1. The Kier molecular flexibility index (Phi) is 5.43. The van der Waals surface area contributed by atoms with Gasteiger partial charge in [-0.25, -0.2) is 4.79 Å². The lowest BCUT2D eigenvalue weighted by atomic mass is 9.91. The van der Waals surface area contributed by atoms with Crippen LogP contribution in [0.5, 0.6) is 5.75 Å². The Morgan fingerprint density at radius 2 is 1.87 bits per heavy atom. The highest BCUT2D eigenvalue weighted by Crippen LogP contribution is 2.33. The van der Waals surface area contributed by atoms with Crippen LogP contribution < -0.4 is 10.1 Å². The summed E-state index contributed by atoms with van der Waals surface area (Å²) in [4.78, 5) is 41.9. The molecule has 2 aromatic carbocycles. The summed E-state index contributed by atoms with van der Waals surface area (Å²) in [5.41, 5.74) is 1.81. The van der Waals surface area contributed by atoms with E-state index in [4.69, 9.17) is 4.74 Å². The summed E-state index contributed by atoms with van der Waals surface area (Å²) in [5.74, 6) is 0.0115. The molecule has 2 atom stereocenters. The highest BCUT2D eigenvalue weighted by molar-refractivity contribution is 6.09. The molecule has 1 saturated heterocycles. The number of hydrogen-bond acceptors (Lipinski definition) is 4. The standard InChI is InChI=1S/C24H27N3O4/c1-4-20-19-8-6-5-7-16(19)13-14-26(20)21(28)15-27-22(29)24(2,25-23(27)30)17-9-11-18(31-3)12-10-17/h5-12,20H,4,13-15H2,1-3H3,(H,25,30)/t20-,24-/m1/s1. The molecule has 0 unspecified atom stereocenters. The van der Waals surface area contributed by atoms with Gasteiger partial charge in [0, 0.05) is 6.54 Å². The summed E-state index contributed by atoms with van der Waals surface area (Å²) in [6.45, 7) is 4.01. The number of imide groups is 1. The number of nitrogens with one attached hydrogen (secondary N) is 1. The van der Waals surface area contributed by atoms with Crippen LogP contribution >= 0.6 is 0 Å². The first-order valence-corrected chi connectivity index (χ1v) is 10.5. The van der Waals surface area contributed by atoms with E-state index in [1.54, 1.807) is 43.2 Å². The smallest absolute Gasteiger partial charge is 0.325 e. The van der Waals surface area contributed by atoms with E-state index in [0.717, 1.165) is 23.3 Å². The van der Waals surface area contributed by atoms with Crippen LogP contribution in [-0.2, 0) is 21.5 Å². The first-order chi connectivity index (χ1) is 14.9. The fourth-order valence-electron chi connectivity index (χ4n) is 4.58. The number of amides is 4. The molecule has 7 nitrogen and oxygen atoms in total. The van der Waals surface area contributed by atoms with Crippen LogP contribution in [0, 0.1) is 0 Å². The lowest BCUT2D eigenvalue weighted by Gasteiger charge is -2.37. The molecule has 0 saturated carbocycles. The molecule has 0 aliphatic carbocycles. The molecule has 7 heteroatoms. The van der Waals surface area contributed by atoms with E-state index in [2.05, 4.69) is 17.4 Å². The lowest BCUT2D eigenvalue weighted by molar-refractivity contribution is -0.140. The molecule has 1 N–H and O–H groups in total. The van der Waals surface area contributed by atoms with Crippen molar-refractivity contribution in [2.45, 2.75) is 38.3 Å². The zero-order valence-electron chi connectivity index (χ0n) is 18.1. The number of fused-ring (bicyclic) bond motifs is 1. The number of nitrogens with zero attached hydrogens (tertiary/aromatic N) is 2. The van der Waals surface area contributed by atoms with Gasteiger partial charge in [0.15, 0.2) is 0 Å². The molecule has 2 aromatic rings. The van der Waals surface area contributed by atoms with Gasteiger partial charge < -0.3 is 15.0 Å².